The predicted octanol–water partition coefficient (Wildman–Crippen LogP) is 1.77. The first-order chi connectivity index (χ1) is 9.24. The van der Waals surface area contributed by atoms with Gasteiger partial charge in [-0.15, -0.1) is 0 Å². The SMILES string of the molecule is CNCC1CCCN(C(=O)c2ccc(OC)cc2)C1. The maximum atomic E-state index is 12.4. The van der Waals surface area contributed by atoms with Crippen LogP contribution in [0.3, 0.4) is 0 Å². The van der Waals surface area contributed by atoms with Gasteiger partial charge < -0.3 is 15.0 Å². The number of ether oxygens (including phenoxy) is 1. The largest absolute Gasteiger partial charge is 0.497 e. The summed E-state index contributed by atoms with van der Waals surface area (Å²) in [4.78, 5) is 14.4. The zero-order valence-electron chi connectivity index (χ0n) is 11.7. The summed E-state index contributed by atoms with van der Waals surface area (Å²) >= 11 is 0. The minimum absolute atomic E-state index is 0.128. The summed E-state index contributed by atoms with van der Waals surface area (Å²) in [6.45, 7) is 2.70. The lowest BCUT2D eigenvalue weighted by Gasteiger charge is -2.32. The smallest absolute Gasteiger partial charge is 0.253 e. The Morgan fingerprint density at radius 3 is 2.79 bits per heavy atom. The molecule has 104 valence electrons. The van der Waals surface area contributed by atoms with E-state index in [2.05, 4.69) is 5.32 Å². The highest BCUT2D eigenvalue weighted by molar-refractivity contribution is 5.94. The Balaban J connectivity index is 2.01. The second kappa shape index (κ2) is 6.57. The Labute approximate surface area is 114 Å². The van der Waals surface area contributed by atoms with Crippen molar-refractivity contribution < 1.29 is 9.53 Å². The number of nitrogens with one attached hydrogen (secondary N) is 1. The van der Waals surface area contributed by atoms with Crippen molar-refractivity contribution in [2.45, 2.75) is 12.8 Å². The summed E-state index contributed by atoms with van der Waals surface area (Å²) < 4.78 is 5.11. The van der Waals surface area contributed by atoms with Gasteiger partial charge in [0.2, 0.25) is 0 Å². The monoisotopic (exact) mass is 262 g/mol. The molecule has 1 unspecified atom stereocenters. The average molecular weight is 262 g/mol. The lowest BCUT2D eigenvalue weighted by Crippen LogP contribution is -2.42. The van der Waals surface area contributed by atoms with Crippen molar-refractivity contribution in [3.63, 3.8) is 0 Å². The van der Waals surface area contributed by atoms with Crippen LogP contribution in [-0.4, -0.2) is 44.6 Å². The lowest BCUT2D eigenvalue weighted by molar-refractivity contribution is 0.0674. The van der Waals surface area contributed by atoms with Crippen molar-refractivity contribution >= 4 is 5.91 Å². The number of likely N-dealkylation sites (tertiary alicyclic amines) is 1. The average Bonchev–Trinajstić information content (AvgIpc) is 2.47. The van der Waals surface area contributed by atoms with Crippen LogP contribution in [0.25, 0.3) is 0 Å². The lowest BCUT2D eigenvalue weighted by atomic mass is 9.97. The van der Waals surface area contributed by atoms with E-state index >= 15 is 0 Å². The number of carbonyl (C=O) groups is 1. The molecular formula is C15H22N2O2. The summed E-state index contributed by atoms with van der Waals surface area (Å²) in [6.07, 6.45) is 2.29. The first-order valence-corrected chi connectivity index (χ1v) is 6.82. The zero-order chi connectivity index (χ0) is 13.7. The molecule has 1 amide bonds. The van der Waals surface area contributed by atoms with Gasteiger partial charge >= 0.3 is 0 Å². The molecule has 1 N–H and O–H groups in total. The van der Waals surface area contributed by atoms with Gasteiger partial charge in [-0.2, -0.15) is 0 Å². The fourth-order valence-electron chi connectivity index (χ4n) is 2.62. The van der Waals surface area contributed by atoms with Crippen LogP contribution in [0.1, 0.15) is 23.2 Å². The third kappa shape index (κ3) is 3.47. The molecule has 4 heteroatoms. The van der Waals surface area contributed by atoms with Crippen LogP contribution >= 0.6 is 0 Å². The van der Waals surface area contributed by atoms with Crippen LogP contribution in [-0.2, 0) is 0 Å². The highest BCUT2D eigenvalue weighted by atomic mass is 16.5. The summed E-state index contributed by atoms with van der Waals surface area (Å²) in [7, 11) is 3.59. The summed E-state index contributed by atoms with van der Waals surface area (Å²) in [5.74, 6) is 1.48. The highest BCUT2D eigenvalue weighted by Crippen LogP contribution is 2.19. The molecule has 2 rings (SSSR count). The Morgan fingerprint density at radius 1 is 1.42 bits per heavy atom. The molecule has 0 aliphatic carbocycles. The van der Waals surface area contributed by atoms with E-state index in [0.29, 0.717) is 5.92 Å². The van der Waals surface area contributed by atoms with Gasteiger partial charge in [-0.25, -0.2) is 0 Å². The van der Waals surface area contributed by atoms with Crippen molar-refractivity contribution in [2.75, 3.05) is 33.8 Å². The van der Waals surface area contributed by atoms with Crippen LogP contribution < -0.4 is 10.1 Å². The Bertz CT molecular complexity index is 415. The van der Waals surface area contributed by atoms with Gasteiger partial charge in [0.25, 0.3) is 5.91 Å². The molecule has 1 fully saturated rings. The van der Waals surface area contributed by atoms with Gasteiger partial charge in [0.1, 0.15) is 5.75 Å². The fraction of sp³-hybridized carbons (Fsp3) is 0.533. The maximum absolute atomic E-state index is 12.4. The van der Waals surface area contributed by atoms with E-state index in [1.807, 2.05) is 36.2 Å². The highest BCUT2D eigenvalue weighted by Gasteiger charge is 2.23. The molecule has 4 nitrogen and oxygen atoms in total. The van der Waals surface area contributed by atoms with Crippen molar-refractivity contribution in [3.05, 3.63) is 29.8 Å². The van der Waals surface area contributed by atoms with E-state index in [9.17, 15) is 4.79 Å². The van der Waals surface area contributed by atoms with Gasteiger partial charge in [0, 0.05) is 18.7 Å². The second-order valence-corrected chi connectivity index (χ2v) is 5.05. The molecule has 1 atom stereocenters. The molecule has 1 aliphatic rings. The molecule has 0 aromatic heterocycles. The minimum Gasteiger partial charge on any atom is -0.497 e. The van der Waals surface area contributed by atoms with Crippen molar-refractivity contribution in [1.82, 2.24) is 10.2 Å². The van der Waals surface area contributed by atoms with Crippen LogP contribution in [0.2, 0.25) is 0 Å². The Kier molecular flexibility index (Phi) is 4.80. The van der Waals surface area contributed by atoms with E-state index < -0.39 is 0 Å². The van der Waals surface area contributed by atoms with Crippen molar-refractivity contribution in [2.24, 2.45) is 5.92 Å². The Hall–Kier alpha value is -1.55. The van der Waals surface area contributed by atoms with E-state index in [1.54, 1.807) is 7.11 Å². The molecule has 1 aromatic carbocycles. The van der Waals surface area contributed by atoms with Crippen LogP contribution in [0.5, 0.6) is 5.75 Å². The van der Waals surface area contributed by atoms with E-state index in [-0.39, 0.29) is 5.91 Å². The topological polar surface area (TPSA) is 41.6 Å². The number of benzene rings is 1. The number of carbonyl (C=O) groups excluding carboxylic acids is 1. The van der Waals surface area contributed by atoms with Gasteiger partial charge in [0.05, 0.1) is 7.11 Å². The summed E-state index contributed by atoms with van der Waals surface area (Å²) in [6, 6.07) is 7.34. The number of piperidine rings is 1. The third-order valence-corrected chi connectivity index (χ3v) is 3.64. The minimum atomic E-state index is 0.128. The molecule has 0 spiro atoms. The van der Waals surface area contributed by atoms with E-state index in [1.165, 1.54) is 6.42 Å². The predicted molar refractivity (Wildman–Crippen MR) is 75.5 cm³/mol. The summed E-state index contributed by atoms with van der Waals surface area (Å²) in [5.41, 5.74) is 0.742. The van der Waals surface area contributed by atoms with Crippen LogP contribution in [0, 0.1) is 5.92 Å². The quantitative estimate of drug-likeness (QED) is 0.899. The van der Waals surface area contributed by atoms with E-state index in [0.717, 1.165) is 37.4 Å². The standard InChI is InChI=1S/C15H22N2O2/c1-16-10-12-4-3-9-17(11-12)15(18)13-5-7-14(19-2)8-6-13/h5-8,12,16H,3-4,9-11H2,1-2H3. The fourth-order valence-corrected chi connectivity index (χ4v) is 2.62. The van der Waals surface area contributed by atoms with Gasteiger partial charge in [0.15, 0.2) is 0 Å². The molecule has 0 saturated carbocycles. The molecular weight excluding hydrogens is 240 g/mol. The molecule has 1 aromatic rings. The van der Waals surface area contributed by atoms with Crippen LogP contribution in [0.4, 0.5) is 0 Å². The number of methoxy groups -OCH3 is 1. The number of rotatable bonds is 4. The van der Waals surface area contributed by atoms with Crippen LogP contribution in [0.15, 0.2) is 24.3 Å². The normalized spacial score (nSPS) is 19.3. The molecule has 1 saturated heterocycles. The maximum Gasteiger partial charge on any atom is 0.253 e. The second-order valence-electron chi connectivity index (χ2n) is 5.05. The first-order valence-electron chi connectivity index (χ1n) is 6.82. The van der Waals surface area contributed by atoms with Crippen molar-refractivity contribution in [3.8, 4) is 5.75 Å². The Morgan fingerprint density at radius 2 is 2.16 bits per heavy atom. The van der Waals surface area contributed by atoms with Gasteiger partial charge in [-0.05, 0) is 56.6 Å². The van der Waals surface area contributed by atoms with Gasteiger partial charge in [-0.3, -0.25) is 4.79 Å². The molecule has 1 heterocycles. The molecule has 0 radical (unpaired) electrons. The van der Waals surface area contributed by atoms with E-state index in [4.69, 9.17) is 4.74 Å². The number of amides is 1. The zero-order valence-corrected chi connectivity index (χ0v) is 11.7. The summed E-state index contributed by atoms with van der Waals surface area (Å²) in [5, 5.41) is 3.20. The number of nitrogens with zero attached hydrogens (tertiary/aromatic N) is 1. The molecule has 0 bridgehead atoms. The first kappa shape index (κ1) is 13.9. The molecule has 19 heavy (non-hydrogen) atoms. The molecule has 1 aliphatic heterocycles. The number of hydrogen-bond acceptors (Lipinski definition) is 3. The van der Waals surface area contributed by atoms with Gasteiger partial charge in [-0.1, -0.05) is 0 Å². The number of hydrogen-bond donors (Lipinski definition) is 1. The van der Waals surface area contributed by atoms with Crippen molar-refractivity contribution in [1.29, 1.82) is 0 Å². The third-order valence-electron chi connectivity index (χ3n) is 3.64.